The van der Waals surface area contributed by atoms with Crippen molar-refractivity contribution >= 4 is 12.1 Å². The second kappa shape index (κ2) is 7.20. The molecule has 6 nitrogen and oxygen atoms in total. The van der Waals surface area contributed by atoms with Gasteiger partial charge >= 0.3 is 12.1 Å². The van der Waals surface area contributed by atoms with Crippen molar-refractivity contribution in [2.24, 2.45) is 0 Å². The van der Waals surface area contributed by atoms with Crippen LogP contribution in [0.15, 0.2) is 0 Å². The topological polar surface area (TPSA) is 65.1 Å². The molecule has 0 aromatic rings. The molecule has 0 aromatic carbocycles. The van der Waals surface area contributed by atoms with Gasteiger partial charge in [-0.05, 0) is 20.8 Å². The standard InChI is InChI=1S/C10H17NO5.C2H6/c1-10(2,3)16-9(13)11-6-15-5-7(11)8(12)14-4;1-2/h7H,5-6H2,1-4H3;1-2H3/t7-;/m0./s1. The smallest absolute Gasteiger partial charge is 0.412 e. The summed E-state index contributed by atoms with van der Waals surface area (Å²) in [5, 5.41) is 0. The molecule has 0 radical (unpaired) electrons. The van der Waals surface area contributed by atoms with Gasteiger partial charge in [-0.15, -0.1) is 0 Å². The van der Waals surface area contributed by atoms with E-state index in [1.54, 1.807) is 20.8 Å². The third-order valence-corrected chi connectivity index (χ3v) is 1.98. The molecular weight excluding hydrogens is 238 g/mol. The van der Waals surface area contributed by atoms with Gasteiger partial charge in [0.1, 0.15) is 12.3 Å². The Morgan fingerprint density at radius 3 is 2.28 bits per heavy atom. The van der Waals surface area contributed by atoms with Crippen molar-refractivity contribution in [2.75, 3.05) is 20.4 Å². The summed E-state index contributed by atoms with van der Waals surface area (Å²) in [7, 11) is 1.27. The van der Waals surface area contributed by atoms with Gasteiger partial charge in [-0.3, -0.25) is 4.90 Å². The van der Waals surface area contributed by atoms with E-state index in [0.29, 0.717) is 0 Å². The van der Waals surface area contributed by atoms with E-state index in [9.17, 15) is 9.59 Å². The zero-order chi connectivity index (χ0) is 14.3. The van der Waals surface area contributed by atoms with E-state index in [1.165, 1.54) is 12.0 Å². The molecule has 0 aliphatic carbocycles. The predicted octanol–water partition coefficient (Wildman–Crippen LogP) is 1.78. The molecule has 1 aliphatic heterocycles. The molecule has 6 heteroatoms. The lowest BCUT2D eigenvalue weighted by atomic mass is 10.2. The summed E-state index contributed by atoms with van der Waals surface area (Å²) in [4.78, 5) is 24.3. The second-order valence-electron chi connectivity index (χ2n) is 4.49. The van der Waals surface area contributed by atoms with Crippen molar-refractivity contribution < 1.29 is 23.8 Å². The Hall–Kier alpha value is -1.30. The minimum Gasteiger partial charge on any atom is -0.467 e. The number of ether oxygens (including phenoxy) is 3. The minimum atomic E-state index is -0.708. The Balaban J connectivity index is 0.00000137. The van der Waals surface area contributed by atoms with Crippen molar-refractivity contribution in [3.05, 3.63) is 0 Å². The third kappa shape index (κ3) is 4.91. The molecule has 0 N–H and O–H groups in total. The molecule has 1 saturated heterocycles. The summed E-state index contributed by atoms with van der Waals surface area (Å²) in [6.07, 6.45) is -0.569. The van der Waals surface area contributed by atoms with E-state index >= 15 is 0 Å². The normalized spacial score (nSPS) is 18.8. The van der Waals surface area contributed by atoms with Gasteiger partial charge in [-0.25, -0.2) is 9.59 Å². The van der Waals surface area contributed by atoms with Crippen molar-refractivity contribution in [1.82, 2.24) is 4.90 Å². The summed E-state index contributed by atoms with van der Waals surface area (Å²) in [5.41, 5.74) is -0.597. The first-order valence-electron chi connectivity index (χ1n) is 6.00. The van der Waals surface area contributed by atoms with Crippen LogP contribution in [0.2, 0.25) is 0 Å². The zero-order valence-corrected chi connectivity index (χ0v) is 12.0. The maximum absolute atomic E-state index is 11.7. The molecule has 0 bridgehead atoms. The number of hydrogen-bond donors (Lipinski definition) is 0. The lowest BCUT2D eigenvalue weighted by Gasteiger charge is -2.25. The average Bonchev–Trinajstić information content (AvgIpc) is 2.77. The zero-order valence-electron chi connectivity index (χ0n) is 12.0. The number of nitrogens with zero attached hydrogens (tertiary/aromatic N) is 1. The molecule has 0 unspecified atom stereocenters. The van der Waals surface area contributed by atoms with Gasteiger partial charge in [0.05, 0.1) is 13.7 Å². The van der Waals surface area contributed by atoms with E-state index in [1.807, 2.05) is 13.8 Å². The van der Waals surface area contributed by atoms with Gasteiger partial charge in [0.25, 0.3) is 0 Å². The Labute approximate surface area is 108 Å². The van der Waals surface area contributed by atoms with Crippen LogP contribution in [0.1, 0.15) is 34.6 Å². The molecule has 1 heterocycles. The molecule has 18 heavy (non-hydrogen) atoms. The highest BCUT2D eigenvalue weighted by Gasteiger charge is 2.38. The predicted molar refractivity (Wildman–Crippen MR) is 66.0 cm³/mol. The number of amides is 1. The molecule has 106 valence electrons. The minimum absolute atomic E-state index is 0.0503. The van der Waals surface area contributed by atoms with E-state index < -0.39 is 23.7 Å². The fraction of sp³-hybridized carbons (Fsp3) is 0.833. The number of carbonyl (C=O) groups is 2. The first kappa shape index (κ1) is 16.7. The van der Waals surface area contributed by atoms with E-state index in [4.69, 9.17) is 9.47 Å². The Morgan fingerprint density at radius 2 is 1.83 bits per heavy atom. The average molecular weight is 261 g/mol. The Morgan fingerprint density at radius 1 is 1.28 bits per heavy atom. The third-order valence-electron chi connectivity index (χ3n) is 1.98. The van der Waals surface area contributed by atoms with Gasteiger partial charge in [-0.1, -0.05) is 13.8 Å². The fourth-order valence-corrected chi connectivity index (χ4v) is 1.27. The summed E-state index contributed by atoms with van der Waals surface area (Å²) in [6.45, 7) is 9.47. The summed E-state index contributed by atoms with van der Waals surface area (Å²) in [6, 6.07) is -0.708. The van der Waals surface area contributed by atoms with Crippen LogP contribution in [-0.4, -0.2) is 49.1 Å². The second-order valence-corrected chi connectivity index (χ2v) is 4.49. The van der Waals surface area contributed by atoms with Crippen molar-refractivity contribution in [1.29, 1.82) is 0 Å². The highest BCUT2D eigenvalue weighted by molar-refractivity contribution is 5.82. The number of methoxy groups -OCH3 is 1. The van der Waals surface area contributed by atoms with Crippen molar-refractivity contribution in [2.45, 2.75) is 46.3 Å². The van der Waals surface area contributed by atoms with E-state index in [2.05, 4.69) is 4.74 Å². The Kier molecular flexibility index (Phi) is 6.68. The van der Waals surface area contributed by atoms with Crippen molar-refractivity contribution in [3.63, 3.8) is 0 Å². The van der Waals surface area contributed by atoms with Crippen LogP contribution in [0.5, 0.6) is 0 Å². The van der Waals surface area contributed by atoms with Crippen LogP contribution in [0.3, 0.4) is 0 Å². The highest BCUT2D eigenvalue weighted by Crippen LogP contribution is 2.16. The maximum Gasteiger partial charge on any atom is 0.412 e. The van der Waals surface area contributed by atoms with Crippen LogP contribution in [-0.2, 0) is 19.0 Å². The number of carbonyl (C=O) groups excluding carboxylic acids is 2. The van der Waals surface area contributed by atoms with Gasteiger partial charge in [0.15, 0.2) is 6.04 Å². The molecular formula is C12H23NO5. The molecule has 1 rings (SSSR count). The largest absolute Gasteiger partial charge is 0.467 e. The van der Waals surface area contributed by atoms with Gasteiger partial charge in [0, 0.05) is 0 Å². The number of rotatable bonds is 1. The number of esters is 1. The Bertz CT molecular complexity index is 285. The van der Waals surface area contributed by atoms with E-state index in [-0.39, 0.29) is 13.3 Å². The number of hydrogen-bond acceptors (Lipinski definition) is 5. The molecule has 0 aromatic heterocycles. The first-order chi connectivity index (χ1) is 8.35. The summed E-state index contributed by atoms with van der Waals surface area (Å²) >= 11 is 0. The molecule has 1 amide bonds. The summed E-state index contributed by atoms with van der Waals surface area (Å²) in [5.74, 6) is -0.497. The molecule has 1 aliphatic rings. The van der Waals surface area contributed by atoms with Crippen LogP contribution in [0.25, 0.3) is 0 Å². The quantitative estimate of drug-likeness (QED) is 0.673. The first-order valence-corrected chi connectivity index (χ1v) is 6.00. The highest BCUT2D eigenvalue weighted by atomic mass is 16.6. The van der Waals surface area contributed by atoms with Crippen LogP contribution in [0.4, 0.5) is 4.79 Å². The van der Waals surface area contributed by atoms with E-state index in [0.717, 1.165) is 0 Å². The SMILES string of the molecule is CC.COC(=O)[C@@H]1COCN1C(=O)OC(C)(C)C. The lowest BCUT2D eigenvalue weighted by Crippen LogP contribution is -2.44. The van der Waals surface area contributed by atoms with Gasteiger partial charge in [-0.2, -0.15) is 0 Å². The van der Waals surface area contributed by atoms with Gasteiger partial charge in [0.2, 0.25) is 0 Å². The van der Waals surface area contributed by atoms with Crippen LogP contribution in [0, 0.1) is 0 Å². The van der Waals surface area contributed by atoms with Crippen LogP contribution < -0.4 is 0 Å². The lowest BCUT2D eigenvalue weighted by molar-refractivity contribution is -0.145. The molecule has 0 saturated carbocycles. The fourth-order valence-electron chi connectivity index (χ4n) is 1.27. The molecule has 1 atom stereocenters. The van der Waals surface area contributed by atoms with Gasteiger partial charge < -0.3 is 14.2 Å². The maximum atomic E-state index is 11.7. The molecule has 1 fully saturated rings. The monoisotopic (exact) mass is 261 g/mol. The summed E-state index contributed by atoms with van der Waals surface area (Å²) < 4.78 is 14.8. The van der Waals surface area contributed by atoms with Crippen LogP contribution >= 0.6 is 0 Å². The molecule has 0 spiro atoms. The van der Waals surface area contributed by atoms with Crippen molar-refractivity contribution in [3.8, 4) is 0 Å².